The molecule has 8 aliphatic heterocycles. The van der Waals surface area contributed by atoms with Gasteiger partial charge in [-0.3, -0.25) is 19.6 Å². The summed E-state index contributed by atoms with van der Waals surface area (Å²) < 4.78 is 0. The van der Waals surface area contributed by atoms with Crippen LogP contribution in [-0.4, -0.2) is 94.6 Å². The van der Waals surface area contributed by atoms with Gasteiger partial charge in [-0.2, -0.15) is 0 Å². The summed E-state index contributed by atoms with van der Waals surface area (Å²) in [4.78, 5) is 10.8. The molecule has 8 aliphatic rings. The zero-order chi connectivity index (χ0) is 54.0. The molecule has 8 fully saturated rings. The van der Waals surface area contributed by atoms with Gasteiger partial charge >= 0.3 is 0 Å². The summed E-state index contributed by atoms with van der Waals surface area (Å²) >= 11 is 0. The zero-order valence-electron chi connectivity index (χ0n) is 51.2. The topological polar surface area (TPSA) is 13.0 Å². The van der Waals surface area contributed by atoms with E-state index in [1.807, 2.05) is 0 Å². The SMILES string of the molecule is Cc1cc(C)c(C)c(C2C(C)N3CC2(C)C(C)C3C)c1.Cc1cc(C)c(C)c(C2C(C)N3CCC2(C)C3)c1.Cc1cc(C)c(C)c(C2C(C)N3CCC2C3(C)C)c1.Cc1cc(C)c(C)c(C2C3CCN(C3)C2C)c1. The molecule has 0 aromatic heterocycles. The van der Waals surface area contributed by atoms with E-state index in [1.54, 1.807) is 22.3 Å². The van der Waals surface area contributed by atoms with E-state index >= 15 is 0 Å². The highest BCUT2D eigenvalue weighted by molar-refractivity contribution is 5.46. The van der Waals surface area contributed by atoms with E-state index in [0.29, 0.717) is 40.4 Å². The van der Waals surface area contributed by atoms with Crippen LogP contribution in [0.15, 0.2) is 48.5 Å². The van der Waals surface area contributed by atoms with Gasteiger partial charge in [-0.1, -0.05) is 91.6 Å². The van der Waals surface area contributed by atoms with Gasteiger partial charge in [0, 0.05) is 79.1 Å². The summed E-state index contributed by atoms with van der Waals surface area (Å²) in [5, 5.41) is 0. The van der Waals surface area contributed by atoms with Crippen molar-refractivity contribution in [3.8, 4) is 0 Å². The van der Waals surface area contributed by atoms with Crippen LogP contribution >= 0.6 is 0 Å². The van der Waals surface area contributed by atoms with Gasteiger partial charge in [0.2, 0.25) is 0 Å². The van der Waals surface area contributed by atoms with E-state index in [-0.39, 0.29) is 0 Å². The lowest BCUT2D eigenvalue weighted by molar-refractivity contribution is 0.112. The van der Waals surface area contributed by atoms with Crippen LogP contribution in [0.3, 0.4) is 0 Å². The van der Waals surface area contributed by atoms with Gasteiger partial charge in [0.25, 0.3) is 0 Å². The van der Waals surface area contributed by atoms with Crippen molar-refractivity contribution in [3.05, 3.63) is 138 Å². The summed E-state index contributed by atoms with van der Waals surface area (Å²) in [7, 11) is 0. The number of fused-ring (bicyclic) bond motifs is 8. The van der Waals surface area contributed by atoms with Gasteiger partial charge < -0.3 is 0 Å². The number of hydrogen-bond acceptors (Lipinski definition) is 4. The summed E-state index contributed by atoms with van der Waals surface area (Å²) in [6, 6.07) is 22.6. The van der Waals surface area contributed by atoms with Gasteiger partial charge in [0.15, 0.2) is 0 Å². The molecule has 0 saturated carbocycles. The van der Waals surface area contributed by atoms with Crippen molar-refractivity contribution >= 4 is 0 Å². The largest absolute Gasteiger partial charge is 0.300 e. The molecule has 8 saturated heterocycles. The average Bonchev–Trinajstić information content (AvgIpc) is 4.22. The number of benzene rings is 4. The van der Waals surface area contributed by atoms with E-state index in [1.165, 1.54) is 125 Å². The second kappa shape index (κ2) is 20.2. The van der Waals surface area contributed by atoms with Gasteiger partial charge in [-0.15, -0.1) is 0 Å². The van der Waals surface area contributed by atoms with Crippen LogP contribution in [0.4, 0.5) is 0 Å². The molecule has 0 amide bonds. The first-order valence-electron chi connectivity index (χ1n) is 29.9. The molecule has 18 unspecified atom stereocenters. The van der Waals surface area contributed by atoms with Crippen LogP contribution in [-0.2, 0) is 0 Å². The summed E-state index contributed by atoms with van der Waals surface area (Å²) in [5.74, 6) is 5.43. The Morgan fingerprint density at radius 3 is 1.34 bits per heavy atom. The number of rotatable bonds is 4. The van der Waals surface area contributed by atoms with Crippen LogP contribution in [0.2, 0.25) is 0 Å². The maximum absolute atomic E-state index is 2.74. The maximum Gasteiger partial charge on any atom is 0.0191 e. The second-order valence-corrected chi connectivity index (χ2v) is 28.0. The predicted octanol–water partition coefficient (Wildman–Crippen LogP) is 15.9. The van der Waals surface area contributed by atoms with E-state index < -0.39 is 0 Å². The Kier molecular flexibility index (Phi) is 15.1. The molecule has 74 heavy (non-hydrogen) atoms. The molecular formula is C70H104N4. The first kappa shape index (κ1) is 55.5. The molecule has 12 rings (SSSR count). The van der Waals surface area contributed by atoms with Crippen molar-refractivity contribution in [2.24, 2.45) is 28.6 Å². The lowest BCUT2D eigenvalue weighted by Gasteiger charge is -2.44. The fourth-order valence-corrected chi connectivity index (χ4v) is 18.6. The fraction of sp³-hybridized carbons (Fsp3) is 0.657. The van der Waals surface area contributed by atoms with Gasteiger partial charge in [0.1, 0.15) is 0 Å². The minimum absolute atomic E-state index is 0.383. The van der Waals surface area contributed by atoms with Crippen molar-refractivity contribution in [2.45, 2.75) is 231 Å². The van der Waals surface area contributed by atoms with Gasteiger partial charge in [-0.05, 0) is 266 Å². The Bertz CT molecular complexity index is 2740. The number of aryl methyl sites for hydroxylation is 8. The molecule has 404 valence electrons. The van der Waals surface area contributed by atoms with Gasteiger partial charge in [-0.25, -0.2) is 0 Å². The third-order valence-corrected chi connectivity index (χ3v) is 23.3. The Morgan fingerprint density at radius 1 is 0.432 bits per heavy atom. The monoisotopic (exact) mass is 1000 g/mol. The lowest BCUT2D eigenvalue weighted by atomic mass is 9.63. The van der Waals surface area contributed by atoms with Crippen LogP contribution in [0.1, 0.15) is 201 Å². The zero-order valence-corrected chi connectivity index (χ0v) is 51.2. The standard InChI is InChI=1S/C19H29N.C18H27N.C17H25N.C16H23N/c1-11-8-12(2)13(3)17(9-11)18-16(6)20-10-19(18,7)14(4)15(20)5;1-11-9-12(2)13(3)15(10-11)17-14(4)19-8-7-16(17)18(19,5)6;1-11-8-12(2)13(3)15(9-11)16-14(4)18-7-6-17(16,5)10-18;1-10-7-11(2)12(3)15(8-10)16-13(4)17-6-5-14(16)9-17/h8-9,14-16,18H,10H2,1-7H3;9-10,14,16-17H,7-8H2,1-6H3;8-9,14,16H,6-7,10H2,1-5H3;7-8,13-14,16H,5-6,9H2,1-4H3. The smallest absolute Gasteiger partial charge is 0.0191 e. The van der Waals surface area contributed by atoms with Crippen molar-refractivity contribution in [2.75, 3.05) is 39.3 Å². The molecule has 0 aliphatic carbocycles. The third-order valence-electron chi connectivity index (χ3n) is 23.3. The van der Waals surface area contributed by atoms with Crippen LogP contribution < -0.4 is 0 Å². The molecule has 4 aromatic rings. The molecule has 4 aromatic carbocycles. The predicted molar refractivity (Wildman–Crippen MR) is 318 cm³/mol. The van der Waals surface area contributed by atoms with Crippen LogP contribution in [0.25, 0.3) is 0 Å². The molecule has 8 heterocycles. The first-order chi connectivity index (χ1) is 34.6. The van der Waals surface area contributed by atoms with E-state index in [2.05, 4.69) is 220 Å². The third kappa shape index (κ3) is 9.24. The molecule has 0 radical (unpaired) electrons. The molecule has 18 atom stereocenters. The minimum Gasteiger partial charge on any atom is -0.300 e. The fourth-order valence-electron chi connectivity index (χ4n) is 18.6. The Hall–Kier alpha value is -3.28. The minimum atomic E-state index is 0.383. The Labute approximate surface area is 453 Å². The second-order valence-electron chi connectivity index (χ2n) is 28.0. The van der Waals surface area contributed by atoms with Crippen molar-refractivity contribution in [1.29, 1.82) is 0 Å². The quantitative estimate of drug-likeness (QED) is 0.202. The number of hydrogen-bond donors (Lipinski definition) is 0. The van der Waals surface area contributed by atoms with Crippen molar-refractivity contribution in [3.63, 3.8) is 0 Å². The highest BCUT2D eigenvalue weighted by atomic mass is 15.3. The van der Waals surface area contributed by atoms with Crippen molar-refractivity contribution in [1.82, 2.24) is 19.6 Å². The summed E-state index contributed by atoms with van der Waals surface area (Å²) in [6.07, 6.45) is 4.14. The van der Waals surface area contributed by atoms with E-state index in [4.69, 9.17) is 0 Å². The number of piperidine rings is 4. The average molecular weight is 1000 g/mol. The van der Waals surface area contributed by atoms with Crippen LogP contribution in [0, 0.1) is 112 Å². The van der Waals surface area contributed by atoms with E-state index in [9.17, 15) is 0 Å². The molecule has 4 nitrogen and oxygen atoms in total. The molecule has 0 spiro atoms. The highest BCUT2D eigenvalue weighted by Gasteiger charge is 2.60. The summed E-state index contributed by atoms with van der Waals surface area (Å²) in [6.45, 7) is 59.5. The van der Waals surface area contributed by atoms with E-state index in [0.717, 1.165) is 47.6 Å². The van der Waals surface area contributed by atoms with Gasteiger partial charge in [0.05, 0.1) is 0 Å². The molecular weight excluding hydrogens is 897 g/mol. The normalized spacial score (nSPS) is 38.4. The number of nitrogens with zero attached hydrogens (tertiary/aromatic N) is 4. The molecule has 4 heteroatoms. The van der Waals surface area contributed by atoms with Crippen LogP contribution in [0.5, 0.6) is 0 Å². The highest BCUT2D eigenvalue weighted by Crippen LogP contribution is 2.60. The maximum atomic E-state index is 2.74. The molecule has 0 N–H and O–H groups in total. The van der Waals surface area contributed by atoms with Crippen molar-refractivity contribution < 1.29 is 0 Å². The Morgan fingerprint density at radius 2 is 0.905 bits per heavy atom. The molecule has 8 bridgehead atoms. The Balaban J connectivity index is 0.000000121. The summed E-state index contributed by atoms with van der Waals surface area (Å²) in [5.41, 5.74) is 25.4. The lowest BCUT2D eigenvalue weighted by Crippen LogP contribution is -2.45. The first-order valence-corrected chi connectivity index (χ1v) is 29.9.